The summed E-state index contributed by atoms with van der Waals surface area (Å²) >= 11 is 0. The van der Waals surface area contributed by atoms with E-state index in [4.69, 9.17) is 5.26 Å². The molecule has 1 N–H and O–H groups in total. The molecule has 0 atom stereocenters. The van der Waals surface area contributed by atoms with Crippen LogP contribution in [0.25, 0.3) is 10.9 Å². The molecule has 1 aromatic heterocycles. The number of fused-ring (bicyclic) bond motifs is 1. The van der Waals surface area contributed by atoms with Gasteiger partial charge in [-0.2, -0.15) is 5.26 Å². The molecule has 0 saturated carbocycles. The second kappa shape index (κ2) is 3.19. The van der Waals surface area contributed by atoms with E-state index in [0.29, 0.717) is 5.92 Å². The van der Waals surface area contributed by atoms with E-state index in [1.54, 1.807) is 0 Å². The van der Waals surface area contributed by atoms with Crippen molar-refractivity contribution in [3.63, 3.8) is 0 Å². The van der Waals surface area contributed by atoms with Crippen molar-refractivity contribution >= 4 is 10.9 Å². The van der Waals surface area contributed by atoms with Crippen molar-refractivity contribution in [2.45, 2.75) is 19.8 Å². The summed E-state index contributed by atoms with van der Waals surface area (Å²) in [4.78, 5) is 3.16. The van der Waals surface area contributed by atoms with Gasteiger partial charge in [-0.3, -0.25) is 0 Å². The van der Waals surface area contributed by atoms with Gasteiger partial charge in [-0.05, 0) is 29.7 Å². The molecule has 0 aliphatic carbocycles. The molecule has 0 saturated heterocycles. The summed E-state index contributed by atoms with van der Waals surface area (Å²) in [6, 6.07) is 8.12. The number of aromatic amines is 1. The van der Waals surface area contributed by atoms with Gasteiger partial charge in [0.2, 0.25) is 0 Å². The number of nitrogens with one attached hydrogen (secondary N) is 1. The molecule has 70 valence electrons. The highest BCUT2D eigenvalue weighted by molar-refractivity contribution is 5.85. The minimum Gasteiger partial charge on any atom is -0.361 e. The molecule has 0 radical (unpaired) electrons. The van der Waals surface area contributed by atoms with Crippen LogP contribution in [-0.2, 0) is 0 Å². The Morgan fingerprint density at radius 1 is 1.29 bits per heavy atom. The topological polar surface area (TPSA) is 39.6 Å². The first kappa shape index (κ1) is 8.83. The van der Waals surface area contributed by atoms with Crippen LogP contribution in [0.4, 0.5) is 0 Å². The van der Waals surface area contributed by atoms with E-state index < -0.39 is 0 Å². The van der Waals surface area contributed by atoms with Gasteiger partial charge in [0.15, 0.2) is 0 Å². The van der Waals surface area contributed by atoms with Crippen molar-refractivity contribution in [1.29, 1.82) is 5.26 Å². The van der Waals surface area contributed by atoms with E-state index in [2.05, 4.69) is 24.9 Å². The van der Waals surface area contributed by atoms with Gasteiger partial charge in [0.05, 0.1) is 11.6 Å². The second-order valence-electron chi connectivity index (χ2n) is 3.73. The molecule has 0 spiro atoms. The minimum absolute atomic E-state index is 0.379. The van der Waals surface area contributed by atoms with Crippen LogP contribution in [0.5, 0.6) is 0 Å². The first-order valence-corrected chi connectivity index (χ1v) is 4.74. The summed E-state index contributed by atoms with van der Waals surface area (Å²) in [6.07, 6.45) is 1.91. The van der Waals surface area contributed by atoms with Gasteiger partial charge in [-0.25, -0.2) is 0 Å². The molecule has 1 aromatic carbocycles. The summed E-state index contributed by atoms with van der Waals surface area (Å²) in [5.41, 5.74) is 3.03. The first-order chi connectivity index (χ1) is 6.74. The van der Waals surface area contributed by atoms with Gasteiger partial charge >= 0.3 is 0 Å². The van der Waals surface area contributed by atoms with Crippen molar-refractivity contribution in [2.24, 2.45) is 0 Å². The largest absolute Gasteiger partial charge is 0.361 e. The number of hydrogen-bond donors (Lipinski definition) is 1. The lowest BCUT2D eigenvalue weighted by Crippen LogP contribution is -1.93. The lowest BCUT2D eigenvalue weighted by molar-refractivity contribution is 0.872. The maximum atomic E-state index is 9.00. The third-order valence-corrected chi connectivity index (χ3v) is 2.47. The van der Waals surface area contributed by atoms with E-state index in [9.17, 15) is 0 Å². The zero-order chi connectivity index (χ0) is 10.1. The molecule has 14 heavy (non-hydrogen) atoms. The molecular weight excluding hydrogens is 172 g/mol. The molecule has 2 nitrogen and oxygen atoms in total. The molecule has 0 unspecified atom stereocenters. The van der Waals surface area contributed by atoms with Gasteiger partial charge in [-0.15, -0.1) is 0 Å². The highest BCUT2D eigenvalue weighted by Gasteiger charge is 2.10. The van der Waals surface area contributed by atoms with E-state index in [1.807, 2.05) is 24.4 Å². The Bertz CT molecular complexity index is 501. The Hall–Kier alpha value is -1.75. The van der Waals surface area contributed by atoms with Crippen LogP contribution < -0.4 is 0 Å². The minimum atomic E-state index is 0.379. The molecule has 0 fully saturated rings. The third kappa shape index (κ3) is 1.18. The fraction of sp³-hybridized carbons (Fsp3) is 0.250. The molecule has 0 amide bonds. The average molecular weight is 184 g/mol. The van der Waals surface area contributed by atoms with Gasteiger partial charge in [0.25, 0.3) is 0 Å². The van der Waals surface area contributed by atoms with Crippen molar-refractivity contribution in [3.8, 4) is 6.07 Å². The number of H-pyrrole nitrogens is 1. The smallest absolute Gasteiger partial charge is 0.0994 e. The Morgan fingerprint density at radius 3 is 2.71 bits per heavy atom. The number of nitrogens with zero attached hydrogens (tertiary/aromatic N) is 1. The van der Waals surface area contributed by atoms with E-state index in [0.717, 1.165) is 16.6 Å². The Balaban J connectivity index is 2.84. The van der Waals surface area contributed by atoms with Crippen molar-refractivity contribution in [3.05, 3.63) is 35.5 Å². The van der Waals surface area contributed by atoms with Gasteiger partial charge in [0, 0.05) is 17.1 Å². The molecule has 2 rings (SSSR count). The number of rotatable bonds is 1. The van der Waals surface area contributed by atoms with E-state index >= 15 is 0 Å². The summed E-state index contributed by atoms with van der Waals surface area (Å²) in [6.45, 7) is 4.23. The zero-order valence-corrected chi connectivity index (χ0v) is 8.33. The second-order valence-corrected chi connectivity index (χ2v) is 3.73. The standard InChI is InChI=1S/C12H12N2/c1-8(2)12-9(7-13)3-4-11-10(12)5-6-14-11/h3-6,8,14H,1-2H3. The highest BCUT2D eigenvalue weighted by Crippen LogP contribution is 2.27. The molecule has 2 heteroatoms. The van der Waals surface area contributed by atoms with Crippen LogP contribution in [0.3, 0.4) is 0 Å². The van der Waals surface area contributed by atoms with Crippen LogP contribution in [0.15, 0.2) is 24.4 Å². The van der Waals surface area contributed by atoms with Crippen LogP contribution in [0.2, 0.25) is 0 Å². The normalized spacial score (nSPS) is 10.7. The van der Waals surface area contributed by atoms with Crippen LogP contribution >= 0.6 is 0 Å². The predicted molar refractivity (Wildman–Crippen MR) is 57.1 cm³/mol. The average Bonchev–Trinajstić information content (AvgIpc) is 2.62. The summed E-state index contributed by atoms with van der Waals surface area (Å²) < 4.78 is 0. The maximum absolute atomic E-state index is 9.00. The summed E-state index contributed by atoms with van der Waals surface area (Å²) in [7, 11) is 0. The number of nitriles is 1. The fourth-order valence-electron chi connectivity index (χ4n) is 1.88. The van der Waals surface area contributed by atoms with E-state index in [-0.39, 0.29) is 0 Å². The quantitative estimate of drug-likeness (QED) is 0.726. The van der Waals surface area contributed by atoms with E-state index in [1.165, 1.54) is 5.39 Å². The predicted octanol–water partition coefficient (Wildman–Crippen LogP) is 3.16. The Kier molecular flexibility index (Phi) is 2.01. The summed E-state index contributed by atoms with van der Waals surface area (Å²) in [5, 5.41) is 10.2. The van der Waals surface area contributed by atoms with Gasteiger partial charge in [0.1, 0.15) is 0 Å². The molecular formula is C12H12N2. The molecule has 0 bridgehead atoms. The highest BCUT2D eigenvalue weighted by atomic mass is 14.7. The van der Waals surface area contributed by atoms with Crippen molar-refractivity contribution in [1.82, 2.24) is 4.98 Å². The van der Waals surface area contributed by atoms with Crippen LogP contribution in [0.1, 0.15) is 30.9 Å². The number of benzene rings is 1. The van der Waals surface area contributed by atoms with Crippen LogP contribution in [0, 0.1) is 11.3 Å². The maximum Gasteiger partial charge on any atom is 0.0994 e. The van der Waals surface area contributed by atoms with Crippen molar-refractivity contribution in [2.75, 3.05) is 0 Å². The lowest BCUT2D eigenvalue weighted by Gasteiger charge is -2.09. The molecule has 0 aliphatic rings. The third-order valence-electron chi connectivity index (χ3n) is 2.47. The molecule has 0 aliphatic heterocycles. The first-order valence-electron chi connectivity index (χ1n) is 4.74. The SMILES string of the molecule is CC(C)c1c(C#N)ccc2[nH]ccc12. The summed E-state index contributed by atoms with van der Waals surface area (Å²) in [5.74, 6) is 0.379. The fourth-order valence-corrected chi connectivity index (χ4v) is 1.88. The lowest BCUT2D eigenvalue weighted by atomic mass is 9.94. The number of hydrogen-bond acceptors (Lipinski definition) is 1. The molecule has 2 aromatic rings. The zero-order valence-electron chi connectivity index (χ0n) is 8.33. The van der Waals surface area contributed by atoms with Crippen LogP contribution in [-0.4, -0.2) is 4.98 Å². The monoisotopic (exact) mass is 184 g/mol. The van der Waals surface area contributed by atoms with Crippen molar-refractivity contribution < 1.29 is 0 Å². The molecule has 1 heterocycles. The van der Waals surface area contributed by atoms with Gasteiger partial charge in [-0.1, -0.05) is 13.8 Å². The Morgan fingerprint density at radius 2 is 2.07 bits per heavy atom. The Labute approximate surface area is 83.2 Å². The number of aromatic nitrogens is 1. The van der Waals surface area contributed by atoms with Gasteiger partial charge < -0.3 is 4.98 Å².